The van der Waals surface area contributed by atoms with Crippen molar-refractivity contribution in [1.82, 2.24) is 0 Å². The van der Waals surface area contributed by atoms with Crippen LogP contribution in [0.25, 0.3) is 0 Å². The third kappa shape index (κ3) is 3.94. The van der Waals surface area contributed by atoms with Gasteiger partial charge in [0.15, 0.2) is 6.29 Å². The van der Waals surface area contributed by atoms with Crippen molar-refractivity contribution in [3.05, 3.63) is 12.8 Å². The maximum absolute atomic E-state index is 8.88. The Bertz CT molecular complexity index is 114. The lowest BCUT2D eigenvalue weighted by atomic mass is 10.2. The molecule has 0 radical (unpaired) electrons. The van der Waals surface area contributed by atoms with Gasteiger partial charge in [0.1, 0.15) is 18.8 Å². The van der Waals surface area contributed by atoms with E-state index in [1.807, 2.05) is 0 Å². The van der Waals surface area contributed by atoms with Gasteiger partial charge in [-0.3, -0.25) is 0 Å². The Balaban J connectivity index is 3.63. The van der Waals surface area contributed by atoms with Gasteiger partial charge in [-0.15, -0.1) is 0 Å². The van der Waals surface area contributed by atoms with Crippen molar-refractivity contribution in [2.45, 2.75) is 18.5 Å². The molecule has 0 amide bonds. The van der Waals surface area contributed by atoms with Crippen LogP contribution in [0.2, 0.25) is 0 Å². The lowest BCUT2D eigenvalue weighted by Crippen LogP contribution is -2.39. The number of aliphatic hydroxyl groups excluding tert-OH is 3. The van der Waals surface area contributed by atoms with Gasteiger partial charge in [0, 0.05) is 0 Å². The lowest BCUT2D eigenvalue weighted by molar-refractivity contribution is -0.164. The zero-order valence-electron chi connectivity index (χ0n) is 5.92. The molecule has 0 saturated carbocycles. The minimum atomic E-state index is -1.96. The van der Waals surface area contributed by atoms with Gasteiger partial charge in [0.25, 0.3) is 0 Å². The summed E-state index contributed by atoms with van der Waals surface area (Å²) in [6.07, 6.45) is -3.82. The van der Waals surface area contributed by atoms with Gasteiger partial charge in [-0.05, 0) is 0 Å². The summed E-state index contributed by atoms with van der Waals surface area (Å²) in [6.45, 7) is 2.98. The van der Waals surface area contributed by atoms with Crippen LogP contribution in [-0.4, -0.2) is 45.5 Å². The zero-order valence-corrected chi connectivity index (χ0v) is 5.92. The number of hydrogen-bond donors (Lipinski definition) is 4. The summed E-state index contributed by atoms with van der Waals surface area (Å²) in [4.78, 5) is 0. The minimum Gasteiger partial charge on any atom is -0.499 e. The SMILES string of the molecule is C=COCC(O)C(O)C(O)O. The van der Waals surface area contributed by atoms with Crippen molar-refractivity contribution >= 4 is 0 Å². The van der Waals surface area contributed by atoms with Crippen LogP contribution in [0.1, 0.15) is 0 Å². The predicted octanol–water partition coefficient (Wildman–Crippen LogP) is -1.82. The van der Waals surface area contributed by atoms with Crippen molar-refractivity contribution in [2.75, 3.05) is 6.61 Å². The third-order valence-corrected chi connectivity index (χ3v) is 1.08. The molecule has 0 heterocycles. The fourth-order valence-corrected chi connectivity index (χ4v) is 0.464. The summed E-state index contributed by atoms with van der Waals surface area (Å²) in [7, 11) is 0. The third-order valence-electron chi connectivity index (χ3n) is 1.08. The van der Waals surface area contributed by atoms with Crippen molar-refractivity contribution in [3.8, 4) is 0 Å². The molecule has 0 rings (SSSR count). The van der Waals surface area contributed by atoms with Crippen LogP contribution in [0, 0.1) is 0 Å². The molecule has 0 aromatic rings. The second-order valence-electron chi connectivity index (χ2n) is 1.97. The lowest BCUT2D eigenvalue weighted by Gasteiger charge is -2.18. The van der Waals surface area contributed by atoms with E-state index in [2.05, 4.69) is 11.3 Å². The standard InChI is InChI=1S/C6H12O5/c1-2-11-3-4(7)5(8)6(9)10/h2,4-10H,1,3H2. The Morgan fingerprint density at radius 2 is 1.82 bits per heavy atom. The number of rotatable bonds is 5. The van der Waals surface area contributed by atoms with E-state index >= 15 is 0 Å². The van der Waals surface area contributed by atoms with Crippen LogP contribution in [0.15, 0.2) is 12.8 Å². The molecule has 0 fully saturated rings. The minimum absolute atomic E-state index is 0.220. The highest BCUT2D eigenvalue weighted by molar-refractivity contribution is 4.68. The largest absolute Gasteiger partial charge is 0.499 e. The van der Waals surface area contributed by atoms with E-state index in [1.165, 1.54) is 0 Å². The molecule has 0 aliphatic rings. The monoisotopic (exact) mass is 164 g/mol. The first kappa shape index (κ1) is 10.4. The van der Waals surface area contributed by atoms with Crippen molar-refractivity contribution in [1.29, 1.82) is 0 Å². The van der Waals surface area contributed by atoms with E-state index in [1.54, 1.807) is 0 Å². The van der Waals surface area contributed by atoms with Crippen LogP contribution in [0.4, 0.5) is 0 Å². The highest BCUT2D eigenvalue weighted by atomic mass is 16.5. The van der Waals surface area contributed by atoms with Crippen LogP contribution < -0.4 is 0 Å². The highest BCUT2D eigenvalue weighted by Gasteiger charge is 2.22. The van der Waals surface area contributed by atoms with E-state index in [0.29, 0.717) is 0 Å². The zero-order chi connectivity index (χ0) is 8.85. The molecular formula is C6H12O5. The molecule has 2 atom stereocenters. The van der Waals surface area contributed by atoms with Gasteiger partial charge in [0.05, 0.1) is 6.26 Å². The number of hydrogen-bond acceptors (Lipinski definition) is 5. The average Bonchev–Trinajstić information content (AvgIpc) is 1.98. The van der Waals surface area contributed by atoms with E-state index < -0.39 is 18.5 Å². The molecule has 0 aromatic carbocycles. The summed E-state index contributed by atoms with van der Waals surface area (Å²) in [5.74, 6) is 0. The fourth-order valence-electron chi connectivity index (χ4n) is 0.464. The molecule has 0 aliphatic carbocycles. The Hall–Kier alpha value is -0.620. The van der Waals surface area contributed by atoms with E-state index in [9.17, 15) is 0 Å². The molecule has 0 spiro atoms. The summed E-state index contributed by atoms with van der Waals surface area (Å²) >= 11 is 0. The second-order valence-corrected chi connectivity index (χ2v) is 1.97. The first-order chi connectivity index (χ1) is 5.09. The fraction of sp³-hybridized carbons (Fsp3) is 0.667. The number of aliphatic hydroxyl groups is 4. The molecule has 4 N–H and O–H groups in total. The van der Waals surface area contributed by atoms with Crippen LogP contribution in [0.5, 0.6) is 0 Å². The molecule has 0 aromatic heterocycles. The second kappa shape index (κ2) is 5.09. The molecular weight excluding hydrogens is 152 g/mol. The van der Waals surface area contributed by atoms with Crippen LogP contribution in [0.3, 0.4) is 0 Å². The van der Waals surface area contributed by atoms with Gasteiger partial charge in [-0.2, -0.15) is 0 Å². The smallest absolute Gasteiger partial charge is 0.180 e. The average molecular weight is 164 g/mol. The first-order valence-electron chi connectivity index (χ1n) is 3.04. The molecule has 0 saturated heterocycles. The van der Waals surface area contributed by atoms with Gasteiger partial charge >= 0.3 is 0 Å². The summed E-state index contributed by atoms with van der Waals surface area (Å²) in [5, 5.41) is 34.3. The normalized spacial score (nSPS) is 16.1. The highest BCUT2D eigenvalue weighted by Crippen LogP contribution is 1.98. The maximum atomic E-state index is 8.88. The predicted molar refractivity (Wildman–Crippen MR) is 36.4 cm³/mol. The number of ether oxygens (including phenoxy) is 1. The summed E-state index contributed by atoms with van der Waals surface area (Å²) in [6, 6.07) is 0. The van der Waals surface area contributed by atoms with Crippen LogP contribution >= 0.6 is 0 Å². The van der Waals surface area contributed by atoms with E-state index in [4.69, 9.17) is 20.4 Å². The van der Waals surface area contributed by atoms with E-state index in [-0.39, 0.29) is 6.61 Å². The van der Waals surface area contributed by atoms with Crippen molar-refractivity contribution in [3.63, 3.8) is 0 Å². The molecule has 0 bridgehead atoms. The molecule has 2 unspecified atom stereocenters. The van der Waals surface area contributed by atoms with Gasteiger partial charge in [-0.25, -0.2) is 0 Å². The maximum Gasteiger partial charge on any atom is 0.180 e. The molecule has 0 aliphatic heterocycles. The summed E-state index contributed by atoms with van der Waals surface area (Å²) < 4.78 is 4.50. The van der Waals surface area contributed by atoms with Crippen LogP contribution in [-0.2, 0) is 4.74 Å². The Morgan fingerprint density at radius 1 is 1.27 bits per heavy atom. The molecule has 66 valence electrons. The molecule has 5 nitrogen and oxygen atoms in total. The van der Waals surface area contributed by atoms with Gasteiger partial charge in [0.2, 0.25) is 0 Å². The first-order valence-corrected chi connectivity index (χ1v) is 3.04. The van der Waals surface area contributed by atoms with Crippen molar-refractivity contribution < 1.29 is 25.2 Å². The van der Waals surface area contributed by atoms with Crippen molar-refractivity contribution in [2.24, 2.45) is 0 Å². The Morgan fingerprint density at radius 3 is 2.18 bits per heavy atom. The Kier molecular flexibility index (Phi) is 4.80. The van der Waals surface area contributed by atoms with Gasteiger partial charge < -0.3 is 25.2 Å². The molecule has 11 heavy (non-hydrogen) atoms. The Labute approximate surface area is 64.2 Å². The topological polar surface area (TPSA) is 90.2 Å². The molecule has 5 heteroatoms. The van der Waals surface area contributed by atoms with Gasteiger partial charge in [-0.1, -0.05) is 6.58 Å². The van der Waals surface area contributed by atoms with E-state index in [0.717, 1.165) is 6.26 Å². The summed E-state index contributed by atoms with van der Waals surface area (Å²) in [5.41, 5.74) is 0. The quantitative estimate of drug-likeness (QED) is 0.284.